The standard InChI is InChI=1S/C26H38N2O.C4H10O.C2H3N.Cu.F6P/c1-17-10-13-27-19(14-17)16-28-24-7-6-22-21-5-4-18-15-20(29)8-11-25(18,2)23(21)9-12-26(22,24)3;1-3-5-4-2;1-2-3;;1-7(2,3,4,5)6/h10,13-14,18,20-23,29H,4-9,11-12,15-16H2,1-3H3;3-4H2,1-2H3;1H3;;/q;;;+1;-1/t18-,20-,21-,22-,23-,25-,26-;;;;/m0..../s1. The van der Waals surface area contributed by atoms with E-state index in [-0.39, 0.29) is 23.2 Å². The first-order valence-electron chi connectivity index (χ1n) is 15.8. The number of aryl methyl sites for hydroxylation is 1. The number of halogens is 6. The molecule has 0 radical (unpaired) electrons. The van der Waals surface area contributed by atoms with E-state index in [4.69, 9.17) is 15.0 Å². The normalized spacial score (nSPS) is 34.0. The van der Waals surface area contributed by atoms with Gasteiger partial charge in [-0.15, -0.1) is 0 Å². The van der Waals surface area contributed by atoms with E-state index in [0.29, 0.717) is 10.8 Å². The van der Waals surface area contributed by atoms with Crippen LogP contribution in [-0.4, -0.2) is 35.1 Å². The Bertz CT molecular complexity index is 1150. The van der Waals surface area contributed by atoms with Gasteiger partial charge in [-0.05, 0) is 125 Å². The monoisotopic (exact) mass is 717 g/mol. The van der Waals surface area contributed by atoms with Crippen molar-refractivity contribution in [3.63, 3.8) is 0 Å². The Morgan fingerprint density at radius 3 is 2.16 bits per heavy atom. The third-order valence-electron chi connectivity index (χ3n) is 10.2. The molecule has 4 fully saturated rings. The van der Waals surface area contributed by atoms with Crippen LogP contribution in [-0.2, 0) is 28.4 Å². The summed E-state index contributed by atoms with van der Waals surface area (Å²) in [7, 11) is -10.7. The number of hydrogen-bond acceptors (Lipinski definition) is 5. The molecule has 0 aromatic carbocycles. The van der Waals surface area contributed by atoms with Crippen LogP contribution in [0.4, 0.5) is 25.2 Å². The number of aromatic nitrogens is 1. The van der Waals surface area contributed by atoms with Crippen molar-refractivity contribution < 1.29 is 52.1 Å². The molecule has 1 N–H and O–H groups in total. The Morgan fingerprint density at radius 1 is 1.02 bits per heavy atom. The molecule has 264 valence electrons. The minimum Gasteiger partial charge on any atom is 1.00 e. The molecule has 1 heterocycles. The molecular formula is C32H51CuF6N3O2P. The van der Waals surface area contributed by atoms with E-state index in [9.17, 15) is 30.3 Å². The first-order chi connectivity index (χ1) is 20.2. The third kappa shape index (κ3) is 13.1. The van der Waals surface area contributed by atoms with Gasteiger partial charge in [-0.3, -0.25) is 9.98 Å². The average molecular weight is 718 g/mol. The molecular weight excluding hydrogens is 667 g/mol. The van der Waals surface area contributed by atoms with Gasteiger partial charge in [0.05, 0.1) is 24.4 Å². The van der Waals surface area contributed by atoms with Crippen molar-refractivity contribution >= 4 is 13.5 Å². The molecule has 13 heteroatoms. The maximum absolute atomic E-state index is 10.7. The fraction of sp³-hybridized carbons (Fsp3) is 0.781. The van der Waals surface area contributed by atoms with E-state index in [2.05, 4.69) is 37.9 Å². The quantitative estimate of drug-likeness (QED) is 0.191. The summed E-state index contributed by atoms with van der Waals surface area (Å²) in [6, 6.07) is 5.99. The number of ether oxygens (including phenoxy) is 1. The summed E-state index contributed by atoms with van der Waals surface area (Å²) in [4.78, 5) is 9.68. The molecule has 5 nitrogen and oxygen atoms in total. The number of nitriles is 1. The number of aliphatic imine (C=N–C) groups is 1. The van der Waals surface area contributed by atoms with Crippen LogP contribution >= 0.6 is 7.81 Å². The van der Waals surface area contributed by atoms with Gasteiger partial charge in [0.25, 0.3) is 0 Å². The smallest absolute Gasteiger partial charge is 1.00 e. The Kier molecular flexibility index (Phi) is 14.6. The Morgan fingerprint density at radius 2 is 1.62 bits per heavy atom. The fourth-order valence-corrected chi connectivity index (χ4v) is 8.35. The van der Waals surface area contributed by atoms with Gasteiger partial charge in [-0.2, -0.15) is 5.26 Å². The molecule has 0 bridgehead atoms. The van der Waals surface area contributed by atoms with Gasteiger partial charge in [0.2, 0.25) is 0 Å². The summed E-state index contributed by atoms with van der Waals surface area (Å²) in [6.07, 6.45) is 13.1. The van der Waals surface area contributed by atoms with E-state index < -0.39 is 7.81 Å². The van der Waals surface area contributed by atoms with Crippen LogP contribution in [0.1, 0.15) is 104 Å². The first kappa shape index (κ1) is 41.8. The number of rotatable bonds is 4. The molecule has 0 saturated heterocycles. The molecule has 4 aliphatic carbocycles. The molecule has 7 atom stereocenters. The van der Waals surface area contributed by atoms with E-state index in [0.717, 1.165) is 62.0 Å². The number of hydrogen-bond donors (Lipinski definition) is 1. The SMILES string of the molecule is CC#N.CCOCC.Cc1ccnc(CN=C2CC[C@H]3[C@@H]4CC[C@H]5C[C@@H](O)CC[C@]5(C)[C@H]4CC[C@]23C)c1.F[P-](F)(F)(F)(F)F.[Cu+]. The molecule has 1 aromatic rings. The van der Waals surface area contributed by atoms with Crippen molar-refractivity contribution in [2.24, 2.45) is 39.5 Å². The molecule has 0 aliphatic heterocycles. The summed E-state index contributed by atoms with van der Waals surface area (Å²) in [5.74, 6) is 3.30. The van der Waals surface area contributed by atoms with Crippen molar-refractivity contribution in [1.82, 2.24) is 4.98 Å². The molecule has 0 unspecified atom stereocenters. The number of aliphatic hydroxyl groups is 1. The van der Waals surface area contributed by atoms with E-state index in [1.807, 2.05) is 20.0 Å². The van der Waals surface area contributed by atoms with Gasteiger partial charge in [-0.1, -0.05) is 13.8 Å². The minimum absolute atomic E-state index is 0. The summed E-state index contributed by atoms with van der Waals surface area (Å²) in [5.41, 5.74) is 4.63. The molecule has 4 aliphatic rings. The van der Waals surface area contributed by atoms with E-state index >= 15 is 0 Å². The fourth-order valence-electron chi connectivity index (χ4n) is 8.35. The van der Waals surface area contributed by atoms with Gasteiger partial charge < -0.3 is 9.84 Å². The predicted molar refractivity (Wildman–Crippen MR) is 165 cm³/mol. The first-order valence-corrected chi connectivity index (χ1v) is 17.8. The van der Waals surface area contributed by atoms with Crippen LogP contribution in [0.25, 0.3) is 0 Å². The van der Waals surface area contributed by atoms with Crippen LogP contribution in [0.5, 0.6) is 0 Å². The van der Waals surface area contributed by atoms with Gasteiger partial charge >= 0.3 is 50.1 Å². The Balaban J connectivity index is 0.000000533. The molecule has 0 amide bonds. The second-order valence-electron chi connectivity index (χ2n) is 13.1. The van der Waals surface area contributed by atoms with Crippen LogP contribution in [0, 0.1) is 52.8 Å². The van der Waals surface area contributed by atoms with Gasteiger partial charge in [0.1, 0.15) is 0 Å². The van der Waals surface area contributed by atoms with Crippen LogP contribution in [0.2, 0.25) is 0 Å². The maximum Gasteiger partial charge on any atom is 1.00 e. The topological polar surface area (TPSA) is 78.5 Å². The average Bonchev–Trinajstić information content (AvgIpc) is 3.24. The summed E-state index contributed by atoms with van der Waals surface area (Å²) < 4.78 is 64.0. The molecule has 0 spiro atoms. The summed E-state index contributed by atoms with van der Waals surface area (Å²) in [5, 5.41) is 17.6. The zero-order chi connectivity index (χ0) is 33.5. The van der Waals surface area contributed by atoms with Crippen LogP contribution in [0.3, 0.4) is 0 Å². The summed E-state index contributed by atoms with van der Waals surface area (Å²) in [6.45, 7) is 15.1. The van der Waals surface area contributed by atoms with Gasteiger partial charge in [0, 0.05) is 37.5 Å². The summed E-state index contributed by atoms with van der Waals surface area (Å²) >= 11 is 0. The maximum atomic E-state index is 10.2. The van der Waals surface area contributed by atoms with Crippen molar-refractivity contribution in [3.8, 4) is 6.07 Å². The Labute approximate surface area is 275 Å². The van der Waals surface area contributed by atoms with E-state index in [1.54, 1.807) is 6.07 Å². The molecule has 4 saturated carbocycles. The van der Waals surface area contributed by atoms with Crippen LogP contribution in [0.15, 0.2) is 23.3 Å². The Hall–Kier alpha value is -1.24. The molecule has 45 heavy (non-hydrogen) atoms. The van der Waals surface area contributed by atoms with Crippen molar-refractivity contribution in [1.29, 1.82) is 5.26 Å². The van der Waals surface area contributed by atoms with Gasteiger partial charge in [0.15, 0.2) is 0 Å². The van der Waals surface area contributed by atoms with E-state index in [1.165, 1.54) is 63.1 Å². The second kappa shape index (κ2) is 15.8. The zero-order valence-electron chi connectivity index (χ0n) is 27.3. The number of pyridine rings is 1. The predicted octanol–water partition coefficient (Wildman–Crippen LogP) is 10.7. The number of aliphatic hydroxyl groups excluding tert-OH is 1. The minimum atomic E-state index is -10.7. The zero-order valence-corrected chi connectivity index (χ0v) is 29.2. The third-order valence-corrected chi connectivity index (χ3v) is 10.2. The number of fused-ring (bicyclic) bond motifs is 5. The molecule has 5 rings (SSSR count). The van der Waals surface area contributed by atoms with Crippen LogP contribution < -0.4 is 0 Å². The van der Waals surface area contributed by atoms with Gasteiger partial charge in [-0.25, -0.2) is 0 Å². The number of nitrogens with zero attached hydrogens (tertiary/aromatic N) is 3. The largest absolute Gasteiger partial charge is 1.00 e. The van der Waals surface area contributed by atoms with Crippen molar-refractivity contribution in [2.45, 2.75) is 112 Å². The van der Waals surface area contributed by atoms with Crippen molar-refractivity contribution in [2.75, 3.05) is 13.2 Å². The second-order valence-corrected chi connectivity index (χ2v) is 15.0. The van der Waals surface area contributed by atoms with Crippen molar-refractivity contribution in [3.05, 3.63) is 29.6 Å². The molecule has 1 aromatic heterocycles.